The summed E-state index contributed by atoms with van der Waals surface area (Å²) in [6.07, 6.45) is 11.3. The van der Waals surface area contributed by atoms with E-state index in [1.807, 2.05) is 6.92 Å². The molecule has 0 amide bonds. The summed E-state index contributed by atoms with van der Waals surface area (Å²) >= 11 is 0. The molecule has 0 aromatic heterocycles. The van der Waals surface area contributed by atoms with Gasteiger partial charge in [0.1, 0.15) is 0 Å². The maximum absolute atomic E-state index is 6.45. The molecule has 0 aromatic rings. The monoisotopic (exact) mass is 396 g/mol. The van der Waals surface area contributed by atoms with Crippen molar-refractivity contribution in [3.8, 4) is 0 Å². The average Bonchev–Trinajstić information content (AvgIpc) is 2.91. The van der Waals surface area contributed by atoms with Crippen LogP contribution in [0.15, 0.2) is 0 Å². The first-order valence-electron chi connectivity index (χ1n) is 11.8. The Morgan fingerprint density at radius 3 is 2.54 bits per heavy atom. The summed E-state index contributed by atoms with van der Waals surface area (Å²) in [7, 11) is 0. The number of ether oxygens (including phenoxy) is 3. The molecule has 5 fully saturated rings. The summed E-state index contributed by atoms with van der Waals surface area (Å²) in [4.78, 5) is 12.0. The van der Waals surface area contributed by atoms with E-state index in [0.29, 0.717) is 17.8 Å². The molecule has 0 unspecified atom stereocenters. The third kappa shape index (κ3) is 3.66. The molecular formula is C23H40O5. The predicted molar refractivity (Wildman–Crippen MR) is 106 cm³/mol. The first kappa shape index (κ1) is 21.0. The van der Waals surface area contributed by atoms with Gasteiger partial charge in [0.05, 0.1) is 0 Å². The lowest BCUT2D eigenvalue weighted by Gasteiger charge is -2.60. The van der Waals surface area contributed by atoms with Gasteiger partial charge in [0, 0.05) is 24.9 Å². The summed E-state index contributed by atoms with van der Waals surface area (Å²) in [5.74, 6) is 0.943. The molecule has 1 spiro atoms. The van der Waals surface area contributed by atoms with Gasteiger partial charge in [0.15, 0.2) is 18.2 Å². The van der Waals surface area contributed by atoms with Crippen molar-refractivity contribution in [3.05, 3.63) is 0 Å². The highest BCUT2D eigenvalue weighted by molar-refractivity contribution is 5.09. The topological polar surface area (TPSA) is 46.2 Å². The van der Waals surface area contributed by atoms with Gasteiger partial charge in [0.2, 0.25) is 5.79 Å². The first-order chi connectivity index (χ1) is 13.5. The molecule has 1 aliphatic carbocycles. The first-order valence-corrected chi connectivity index (χ1v) is 11.8. The van der Waals surface area contributed by atoms with Gasteiger partial charge in [-0.3, -0.25) is 0 Å². The molecule has 0 aromatic carbocycles. The van der Waals surface area contributed by atoms with Gasteiger partial charge in [0.25, 0.3) is 0 Å². The summed E-state index contributed by atoms with van der Waals surface area (Å²) in [6, 6.07) is 0. The smallest absolute Gasteiger partial charge is 0.201 e. The second kappa shape index (κ2) is 8.50. The lowest BCUT2D eigenvalue weighted by Crippen LogP contribution is -2.70. The van der Waals surface area contributed by atoms with E-state index in [-0.39, 0.29) is 12.2 Å². The largest absolute Gasteiger partial charge is 0.352 e. The average molecular weight is 397 g/mol. The Morgan fingerprint density at radius 2 is 1.71 bits per heavy atom. The van der Waals surface area contributed by atoms with Gasteiger partial charge in [-0.2, -0.15) is 0 Å². The number of fused-ring (bicyclic) bond motifs is 2. The Morgan fingerprint density at radius 1 is 0.929 bits per heavy atom. The van der Waals surface area contributed by atoms with Crippen molar-refractivity contribution in [2.24, 2.45) is 23.7 Å². The van der Waals surface area contributed by atoms with Crippen LogP contribution in [0, 0.1) is 23.7 Å². The van der Waals surface area contributed by atoms with Gasteiger partial charge in [-0.25, -0.2) is 9.78 Å². The van der Waals surface area contributed by atoms with Gasteiger partial charge >= 0.3 is 0 Å². The molecule has 28 heavy (non-hydrogen) atoms. The highest BCUT2D eigenvalue weighted by atomic mass is 17.3. The third-order valence-electron chi connectivity index (χ3n) is 7.88. The molecule has 5 rings (SSSR count). The van der Waals surface area contributed by atoms with E-state index in [1.54, 1.807) is 0 Å². The highest BCUT2D eigenvalue weighted by Crippen LogP contribution is 2.60. The fourth-order valence-electron chi connectivity index (χ4n) is 6.14. The minimum Gasteiger partial charge on any atom is -0.352 e. The van der Waals surface area contributed by atoms with Crippen LogP contribution in [0.3, 0.4) is 0 Å². The maximum Gasteiger partial charge on any atom is 0.201 e. The second-order valence-electron chi connectivity index (χ2n) is 9.91. The molecule has 4 heterocycles. The van der Waals surface area contributed by atoms with Gasteiger partial charge in [-0.05, 0) is 44.4 Å². The lowest BCUT2D eigenvalue weighted by molar-refractivity contribution is -0.577. The fourth-order valence-corrected chi connectivity index (χ4v) is 6.14. The van der Waals surface area contributed by atoms with Gasteiger partial charge in [-0.1, -0.05) is 52.9 Å². The molecule has 1 saturated carbocycles. The molecule has 0 radical (unpaired) electrons. The number of hydrogen-bond acceptors (Lipinski definition) is 5. The van der Waals surface area contributed by atoms with Crippen LogP contribution in [-0.2, 0) is 24.0 Å². The molecular weight excluding hydrogens is 356 g/mol. The molecule has 4 saturated heterocycles. The standard InChI is InChI=1S/C23H40O5/c1-5-6-7-8-9-10-15-24-20-17(3)19-12-11-16(2)18-13-14-22(4)26-21(25-20)23(18,19)28-27-22/h16-21H,5-15H2,1-4H3/t16-,17-,18+,19+,20-,21+,22-,23-/m1/s1. The van der Waals surface area contributed by atoms with E-state index in [0.717, 1.165) is 32.3 Å². The van der Waals surface area contributed by atoms with Crippen molar-refractivity contribution in [2.75, 3.05) is 6.61 Å². The number of unbranched alkanes of at least 4 members (excludes halogenated alkanes) is 5. The van der Waals surface area contributed by atoms with E-state index in [9.17, 15) is 0 Å². The Labute approximate surface area is 170 Å². The van der Waals surface area contributed by atoms with Crippen LogP contribution in [0.4, 0.5) is 0 Å². The normalized spacial score (nSPS) is 47.6. The second-order valence-corrected chi connectivity index (χ2v) is 9.91. The lowest BCUT2D eigenvalue weighted by atomic mass is 9.58. The molecule has 5 aliphatic rings. The molecule has 5 heteroatoms. The summed E-state index contributed by atoms with van der Waals surface area (Å²) in [5, 5.41) is 0. The van der Waals surface area contributed by atoms with Gasteiger partial charge < -0.3 is 14.2 Å². The molecule has 4 aliphatic heterocycles. The zero-order chi connectivity index (χ0) is 19.8. The van der Waals surface area contributed by atoms with Crippen molar-refractivity contribution in [1.82, 2.24) is 0 Å². The van der Waals surface area contributed by atoms with Crippen LogP contribution in [0.1, 0.15) is 91.9 Å². The fraction of sp³-hybridized carbons (Fsp3) is 1.00. The van der Waals surface area contributed by atoms with E-state index in [1.165, 1.54) is 38.5 Å². The van der Waals surface area contributed by atoms with E-state index < -0.39 is 17.7 Å². The number of hydrogen-bond donors (Lipinski definition) is 0. The van der Waals surface area contributed by atoms with Crippen LogP contribution in [0.2, 0.25) is 0 Å². The molecule has 8 atom stereocenters. The summed E-state index contributed by atoms with van der Waals surface area (Å²) in [5.41, 5.74) is -0.479. The van der Waals surface area contributed by atoms with E-state index >= 15 is 0 Å². The highest BCUT2D eigenvalue weighted by Gasteiger charge is 2.69. The summed E-state index contributed by atoms with van der Waals surface area (Å²) in [6.45, 7) is 9.61. The summed E-state index contributed by atoms with van der Waals surface area (Å²) < 4.78 is 19.1. The molecule has 0 N–H and O–H groups in total. The van der Waals surface area contributed by atoms with Crippen molar-refractivity contribution >= 4 is 0 Å². The van der Waals surface area contributed by atoms with E-state index in [2.05, 4.69) is 20.8 Å². The Hall–Kier alpha value is -0.200. The maximum atomic E-state index is 6.45. The third-order valence-corrected chi connectivity index (χ3v) is 7.88. The molecule has 2 bridgehead atoms. The minimum atomic E-state index is -0.706. The van der Waals surface area contributed by atoms with Crippen LogP contribution >= 0.6 is 0 Å². The van der Waals surface area contributed by atoms with Crippen LogP contribution in [0.25, 0.3) is 0 Å². The van der Waals surface area contributed by atoms with Crippen molar-refractivity contribution in [1.29, 1.82) is 0 Å². The molecule has 5 nitrogen and oxygen atoms in total. The zero-order valence-corrected chi connectivity index (χ0v) is 18.3. The Balaban J connectivity index is 1.41. The number of rotatable bonds is 8. The van der Waals surface area contributed by atoms with Crippen LogP contribution in [-0.4, -0.2) is 30.6 Å². The SMILES string of the molecule is CCCCCCCCO[C@@H]1O[C@H]2O[C@@]3(C)CC[C@H]4[C@H](C)CC[C@@H]([C@H]1C)[C@@]24OO3. The molecule has 162 valence electrons. The van der Waals surface area contributed by atoms with Crippen molar-refractivity contribution < 1.29 is 24.0 Å². The van der Waals surface area contributed by atoms with Gasteiger partial charge in [-0.15, -0.1) is 0 Å². The van der Waals surface area contributed by atoms with Crippen molar-refractivity contribution in [3.63, 3.8) is 0 Å². The van der Waals surface area contributed by atoms with Crippen LogP contribution < -0.4 is 0 Å². The van der Waals surface area contributed by atoms with E-state index in [4.69, 9.17) is 24.0 Å². The quantitative estimate of drug-likeness (QED) is 0.396. The zero-order valence-electron chi connectivity index (χ0n) is 18.3. The van der Waals surface area contributed by atoms with Crippen LogP contribution in [0.5, 0.6) is 0 Å². The Bertz CT molecular complexity index is 527. The minimum absolute atomic E-state index is 0.211. The van der Waals surface area contributed by atoms with Crippen molar-refractivity contribution in [2.45, 2.75) is 116 Å². The predicted octanol–water partition coefficient (Wildman–Crippen LogP) is 5.57. The Kier molecular flexibility index (Phi) is 6.39.